The van der Waals surface area contributed by atoms with Crippen LogP contribution in [-0.2, 0) is 6.42 Å². The largest absolute Gasteiger partial charge is 0.422 e. The highest BCUT2D eigenvalue weighted by molar-refractivity contribution is 7.10. The molecule has 1 amide bonds. The lowest BCUT2D eigenvalue weighted by Gasteiger charge is -2.33. The van der Waals surface area contributed by atoms with Gasteiger partial charge in [0.15, 0.2) is 0 Å². The van der Waals surface area contributed by atoms with Crippen molar-refractivity contribution in [3.63, 3.8) is 0 Å². The number of amides is 1. The quantitative estimate of drug-likeness (QED) is 0.642. The number of thiophene rings is 1. The van der Waals surface area contributed by atoms with Crippen LogP contribution in [0.15, 0.2) is 51.0 Å². The first-order chi connectivity index (χ1) is 11.1. The van der Waals surface area contributed by atoms with Gasteiger partial charge >= 0.3 is 5.63 Å². The summed E-state index contributed by atoms with van der Waals surface area (Å²) in [5.41, 5.74) is 1.21. The fourth-order valence-corrected chi connectivity index (χ4v) is 4.12. The zero-order valence-corrected chi connectivity index (χ0v) is 13.4. The average molecular weight is 325 g/mol. The molecule has 23 heavy (non-hydrogen) atoms. The van der Waals surface area contributed by atoms with Crippen molar-refractivity contribution in [3.05, 3.63) is 68.2 Å². The van der Waals surface area contributed by atoms with Gasteiger partial charge in [-0.2, -0.15) is 0 Å². The van der Waals surface area contributed by atoms with E-state index in [9.17, 15) is 9.59 Å². The Kier molecular flexibility index (Phi) is 3.31. The zero-order valence-electron chi connectivity index (χ0n) is 12.6. The van der Waals surface area contributed by atoms with E-state index in [2.05, 4.69) is 11.4 Å². The Morgan fingerprint density at radius 1 is 1.30 bits per heavy atom. The molecule has 2 aromatic heterocycles. The van der Waals surface area contributed by atoms with Gasteiger partial charge in [-0.05, 0) is 42.5 Å². The van der Waals surface area contributed by atoms with Crippen LogP contribution in [0.5, 0.6) is 0 Å². The van der Waals surface area contributed by atoms with Crippen LogP contribution in [0.1, 0.15) is 33.8 Å². The topological polar surface area (TPSA) is 50.5 Å². The summed E-state index contributed by atoms with van der Waals surface area (Å²) in [6.07, 6.45) is 0.835. The Morgan fingerprint density at radius 2 is 2.13 bits per heavy atom. The van der Waals surface area contributed by atoms with Gasteiger partial charge < -0.3 is 9.32 Å². The molecule has 4 rings (SSSR count). The number of hydrogen-bond donors (Lipinski definition) is 0. The highest BCUT2D eigenvalue weighted by Gasteiger charge is 2.30. The fourth-order valence-electron chi connectivity index (χ4n) is 3.15. The van der Waals surface area contributed by atoms with Gasteiger partial charge in [-0.15, -0.1) is 11.3 Å². The molecule has 0 N–H and O–H groups in total. The van der Waals surface area contributed by atoms with Crippen molar-refractivity contribution < 1.29 is 9.21 Å². The Bertz CT molecular complexity index is 956. The van der Waals surface area contributed by atoms with E-state index in [4.69, 9.17) is 4.42 Å². The Balaban J connectivity index is 1.75. The van der Waals surface area contributed by atoms with Gasteiger partial charge in [0.05, 0.1) is 6.04 Å². The first-order valence-corrected chi connectivity index (χ1v) is 8.43. The first-order valence-electron chi connectivity index (χ1n) is 7.55. The molecule has 0 fully saturated rings. The van der Waals surface area contributed by atoms with E-state index in [1.165, 1.54) is 10.4 Å². The van der Waals surface area contributed by atoms with Crippen molar-refractivity contribution in [1.29, 1.82) is 0 Å². The van der Waals surface area contributed by atoms with Crippen molar-refractivity contribution in [2.24, 2.45) is 0 Å². The van der Waals surface area contributed by atoms with E-state index in [0.29, 0.717) is 12.1 Å². The molecule has 1 atom stereocenters. The highest BCUT2D eigenvalue weighted by atomic mass is 32.1. The van der Waals surface area contributed by atoms with Crippen molar-refractivity contribution in [1.82, 2.24) is 4.90 Å². The Labute approximate surface area is 137 Å². The van der Waals surface area contributed by atoms with Crippen molar-refractivity contribution in [2.75, 3.05) is 6.54 Å². The van der Waals surface area contributed by atoms with Crippen molar-refractivity contribution >= 4 is 28.2 Å². The van der Waals surface area contributed by atoms with E-state index in [0.717, 1.165) is 11.8 Å². The minimum absolute atomic E-state index is 0.0247. The molecule has 3 heterocycles. The predicted octanol–water partition coefficient (Wildman–Crippen LogP) is 3.61. The Hall–Kier alpha value is -2.40. The number of carbonyl (C=O) groups is 1. The molecule has 3 aromatic rings. The summed E-state index contributed by atoms with van der Waals surface area (Å²) < 4.78 is 5.29. The number of carbonyl (C=O) groups excluding carboxylic acids is 1. The third kappa shape index (κ3) is 2.28. The van der Waals surface area contributed by atoms with E-state index in [-0.39, 0.29) is 17.5 Å². The van der Waals surface area contributed by atoms with E-state index in [1.807, 2.05) is 19.1 Å². The maximum Gasteiger partial charge on any atom is 0.349 e. The number of rotatable bonds is 1. The molecule has 0 spiro atoms. The fraction of sp³-hybridized carbons (Fsp3) is 0.222. The molecular weight excluding hydrogens is 310 g/mol. The summed E-state index contributed by atoms with van der Waals surface area (Å²) in [5.74, 6) is -0.256. The van der Waals surface area contributed by atoms with Gasteiger partial charge in [-0.3, -0.25) is 4.79 Å². The van der Waals surface area contributed by atoms with Crippen LogP contribution in [0.2, 0.25) is 0 Å². The van der Waals surface area contributed by atoms with Gasteiger partial charge in [-0.25, -0.2) is 4.79 Å². The number of fused-ring (bicyclic) bond motifs is 2. The van der Waals surface area contributed by atoms with Gasteiger partial charge in [-0.1, -0.05) is 18.2 Å². The normalized spacial score (nSPS) is 17.3. The SMILES string of the molecule is CC1c2ccsc2CCN1C(=O)c1cc2ccccc2oc1=O. The molecule has 116 valence electrons. The van der Waals surface area contributed by atoms with Crippen LogP contribution in [0.4, 0.5) is 0 Å². The lowest BCUT2D eigenvalue weighted by Crippen LogP contribution is -2.40. The summed E-state index contributed by atoms with van der Waals surface area (Å²) in [7, 11) is 0. The summed E-state index contributed by atoms with van der Waals surface area (Å²) in [6, 6.07) is 10.9. The Morgan fingerprint density at radius 3 is 3.00 bits per heavy atom. The molecule has 1 aliphatic heterocycles. The maximum absolute atomic E-state index is 12.9. The molecule has 0 radical (unpaired) electrons. The molecule has 0 bridgehead atoms. The minimum atomic E-state index is -0.572. The lowest BCUT2D eigenvalue weighted by atomic mass is 10.0. The van der Waals surface area contributed by atoms with Crippen LogP contribution >= 0.6 is 11.3 Å². The van der Waals surface area contributed by atoms with E-state index in [1.54, 1.807) is 34.4 Å². The summed E-state index contributed by atoms with van der Waals surface area (Å²) in [4.78, 5) is 28.2. The summed E-state index contributed by atoms with van der Waals surface area (Å²) >= 11 is 1.73. The van der Waals surface area contributed by atoms with Gasteiger partial charge in [0.25, 0.3) is 5.91 Å². The maximum atomic E-state index is 12.9. The third-order valence-corrected chi connectivity index (χ3v) is 5.41. The van der Waals surface area contributed by atoms with Crippen LogP contribution in [0, 0.1) is 0 Å². The molecule has 0 aliphatic carbocycles. The number of para-hydroxylation sites is 1. The smallest absolute Gasteiger partial charge is 0.349 e. The molecule has 1 unspecified atom stereocenters. The first kappa shape index (κ1) is 14.2. The second-order valence-corrected chi connectivity index (χ2v) is 6.71. The van der Waals surface area contributed by atoms with Crippen LogP contribution in [0.3, 0.4) is 0 Å². The molecule has 1 aromatic carbocycles. The third-order valence-electron chi connectivity index (χ3n) is 4.41. The molecular formula is C18H15NO3S. The lowest BCUT2D eigenvalue weighted by molar-refractivity contribution is 0.0675. The second-order valence-electron chi connectivity index (χ2n) is 5.71. The molecule has 1 aliphatic rings. The van der Waals surface area contributed by atoms with Gasteiger partial charge in [0.1, 0.15) is 11.1 Å². The molecule has 0 saturated carbocycles. The van der Waals surface area contributed by atoms with Gasteiger partial charge in [0, 0.05) is 16.8 Å². The number of hydrogen-bond acceptors (Lipinski definition) is 4. The predicted molar refractivity (Wildman–Crippen MR) is 90.0 cm³/mol. The molecule has 0 saturated heterocycles. The second kappa shape index (κ2) is 5.35. The molecule has 5 heteroatoms. The van der Waals surface area contributed by atoms with E-state index < -0.39 is 5.63 Å². The average Bonchev–Trinajstić information content (AvgIpc) is 3.03. The van der Waals surface area contributed by atoms with Gasteiger partial charge in [0.2, 0.25) is 0 Å². The highest BCUT2D eigenvalue weighted by Crippen LogP contribution is 2.33. The monoisotopic (exact) mass is 325 g/mol. The zero-order chi connectivity index (χ0) is 16.0. The van der Waals surface area contributed by atoms with E-state index >= 15 is 0 Å². The number of nitrogens with zero attached hydrogens (tertiary/aromatic N) is 1. The van der Waals surface area contributed by atoms with Crippen molar-refractivity contribution in [2.45, 2.75) is 19.4 Å². The number of benzene rings is 1. The summed E-state index contributed by atoms with van der Waals surface area (Å²) in [6.45, 7) is 2.63. The van der Waals surface area contributed by atoms with Crippen LogP contribution in [-0.4, -0.2) is 17.4 Å². The minimum Gasteiger partial charge on any atom is -0.422 e. The van der Waals surface area contributed by atoms with Crippen LogP contribution < -0.4 is 5.63 Å². The van der Waals surface area contributed by atoms with Crippen LogP contribution in [0.25, 0.3) is 11.0 Å². The standard InChI is InChI=1S/C18H15NO3S/c1-11-13-7-9-23-16(13)6-8-19(11)17(20)14-10-12-4-2-3-5-15(12)22-18(14)21/h2-5,7,9-11H,6,8H2,1H3. The molecule has 4 nitrogen and oxygen atoms in total. The summed E-state index contributed by atoms with van der Waals surface area (Å²) in [5, 5.41) is 2.82. The van der Waals surface area contributed by atoms with Crippen molar-refractivity contribution in [3.8, 4) is 0 Å².